The van der Waals surface area contributed by atoms with Gasteiger partial charge in [-0.3, -0.25) is 19.7 Å². The van der Waals surface area contributed by atoms with Crippen molar-refractivity contribution in [2.45, 2.75) is 84.3 Å². The Morgan fingerprint density at radius 1 is 1.22 bits per heavy atom. The number of imide groups is 1. The molecule has 2 N–H and O–H groups in total. The van der Waals surface area contributed by atoms with Gasteiger partial charge in [0.2, 0.25) is 5.91 Å². The van der Waals surface area contributed by atoms with Crippen LogP contribution in [0.3, 0.4) is 0 Å². The number of hydrogen-bond acceptors (Lipinski definition) is 5. The van der Waals surface area contributed by atoms with Gasteiger partial charge in [-0.15, -0.1) is 11.8 Å². The smallest absolute Gasteiger partial charge is 0.323 e. The first-order valence-corrected chi connectivity index (χ1v) is 12.8. The number of hydroxylamine groups is 2. The molecule has 0 saturated heterocycles. The summed E-state index contributed by atoms with van der Waals surface area (Å²) in [4.78, 5) is 41.0. The summed E-state index contributed by atoms with van der Waals surface area (Å²) < 4.78 is -1.23. The fraction of sp³-hybridized carbons (Fsp3) is 0.792. The number of carbonyl (C=O) groups excluding carboxylic acids is 3. The molecule has 0 aromatic carbocycles. The van der Waals surface area contributed by atoms with Gasteiger partial charge in [0, 0.05) is 19.3 Å². The van der Waals surface area contributed by atoms with Gasteiger partial charge in [0.15, 0.2) is 0 Å². The van der Waals surface area contributed by atoms with E-state index in [9.17, 15) is 19.6 Å². The van der Waals surface area contributed by atoms with Crippen LogP contribution in [0.5, 0.6) is 0 Å². The quantitative estimate of drug-likeness (QED) is 0.326. The second-order valence-corrected chi connectivity index (χ2v) is 11.0. The van der Waals surface area contributed by atoms with Crippen molar-refractivity contribution in [3.05, 3.63) is 12.3 Å². The van der Waals surface area contributed by atoms with E-state index in [1.54, 1.807) is 13.8 Å². The largest absolute Gasteiger partial charge is 0.341 e. The summed E-state index contributed by atoms with van der Waals surface area (Å²) in [6.07, 6.45) is 6.88. The minimum absolute atomic E-state index is 0.122. The molecular formula is C24H43N3O4S. The number of carbonyl (C=O) groups is 3. The molecule has 32 heavy (non-hydrogen) atoms. The maximum absolute atomic E-state index is 13.7. The molecule has 0 spiro atoms. The normalized spacial score (nSPS) is 17.4. The van der Waals surface area contributed by atoms with Crippen LogP contribution < -0.4 is 5.32 Å². The molecule has 0 heterocycles. The lowest BCUT2D eigenvalue weighted by atomic mass is 9.83. The number of rotatable bonds is 11. The maximum Gasteiger partial charge on any atom is 0.323 e. The highest BCUT2D eigenvalue weighted by molar-refractivity contribution is 8.01. The van der Waals surface area contributed by atoms with Crippen LogP contribution in [0.15, 0.2) is 12.3 Å². The monoisotopic (exact) mass is 469 g/mol. The minimum atomic E-state index is -1.23. The van der Waals surface area contributed by atoms with E-state index in [1.165, 1.54) is 43.0 Å². The summed E-state index contributed by atoms with van der Waals surface area (Å²) in [5.74, 6) is -0.349. The molecule has 0 aliphatic heterocycles. The SMILES string of the molecule is C=C(C)N(O)C(=O)[C@@](C)(SCC1CCCCC1)[C@H](CC(C)C)C(=O)N(CCC)C(=O)NC. The Balaban J connectivity index is 3.40. The first kappa shape index (κ1) is 28.5. The number of allylic oxidation sites excluding steroid dienone is 1. The van der Waals surface area contributed by atoms with Gasteiger partial charge in [0.05, 0.1) is 5.92 Å². The average molecular weight is 470 g/mol. The third kappa shape index (κ3) is 7.51. The number of nitrogens with one attached hydrogen (secondary N) is 1. The molecule has 0 unspecified atom stereocenters. The Morgan fingerprint density at radius 2 is 1.81 bits per heavy atom. The molecule has 184 valence electrons. The number of urea groups is 1. The second kappa shape index (κ2) is 13.2. The number of thioether (sulfide) groups is 1. The van der Waals surface area contributed by atoms with Crippen molar-refractivity contribution in [2.24, 2.45) is 17.8 Å². The lowest BCUT2D eigenvalue weighted by Crippen LogP contribution is -2.56. The molecule has 1 aliphatic carbocycles. The Bertz CT molecular complexity index is 664. The molecular weight excluding hydrogens is 426 g/mol. The van der Waals surface area contributed by atoms with Crippen LogP contribution in [0.4, 0.5) is 4.79 Å². The van der Waals surface area contributed by atoms with Gasteiger partial charge in [0.25, 0.3) is 5.91 Å². The average Bonchev–Trinajstić information content (AvgIpc) is 2.77. The van der Waals surface area contributed by atoms with Crippen molar-refractivity contribution in [2.75, 3.05) is 19.3 Å². The first-order valence-electron chi connectivity index (χ1n) is 11.8. The Hall–Kier alpha value is -1.54. The van der Waals surface area contributed by atoms with Crippen LogP contribution in [-0.4, -0.2) is 57.1 Å². The van der Waals surface area contributed by atoms with Crippen molar-refractivity contribution in [3.63, 3.8) is 0 Å². The zero-order valence-corrected chi connectivity index (χ0v) is 21.6. The zero-order chi connectivity index (χ0) is 24.5. The highest BCUT2D eigenvalue weighted by Gasteiger charge is 2.50. The van der Waals surface area contributed by atoms with Crippen molar-refractivity contribution >= 4 is 29.6 Å². The standard InChI is InChI=1S/C24H43N3O4S/c1-8-14-26(23(30)25-7)21(28)20(15-17(2)3)24(6,22(29)27(31)18(4)5)32-16-19-12-10-9-11-13-19/h17,19-20,31H,4,8-16H2,1-3,5-7H3,(H,25,30)/t20-,24+/m1/s1. The topological polar surface area (TPSA) is 90.0 Å². The van der Waals surface area contributed by atoms with Crippen LogP contribution in [0.2, 0.25) is 0 Å². The second-order valence-electron chi connectivity index (χ2n) is 9.50. The zero-order valence-electron chi connectivity index (χ0n) is 20.8. The summed E-state index contributed by atoms with van der Waals surface area (Å²) in [6.45, 7) is 13.2. The molecule has 1 aliphatic rings. The molecule has 0 aromatic heterocycles. The van der Waals surface area contributed by atoms with Gasteiger partial charge in [-0.05, 0) is 57.1 Å². The predicted octanol–water partition coefficient (Wildman–Crippen LogP) is 5.05. The van der Waals surface area contributed by atoms with Crippen LogP contribution in [0.1, 0.15) is 79.6 Å². The number of hydrogen-bond donors (Lipinski definition) is 2. The van der Waals surface area contributed by atoms with Crippen LogP contribution in [-0.2, 0) is 9.59 Å². The van der Waals surface area contributed by atoms with Gasteiger partial charge in [-0.1, -0.05) is 46.6 Å². The molecule has 2 atom stereocenters. The van der Waals surface area contributed by atoms with Crippen molar-refractivity contribution in [1.82, 2.24) is 15.3 Å². The van der Waals surface area contributed by atoms with E-state index in [4.69, 9.17) is 0 Å². The van der Waals surface area contributed by atoms with Crippen LogP contribution in [0.25, 0.3) is 0 Å². The van der Waals surface area contributed by atoms with E-state index >= 15 is 0 Å². The van der Waals surface area contributed by atoms with Gasteiger partial charge in [-0.25, -0.2) is 4.79 Å². The predicted molar refractivity (Wildman–Crippen MR) is 130 cm³/mol. The molecule has 0 aromatic rings. The lowest BCUT2D eigenvalue weighted by Gasteiger charge is -2.40. The van der Waals surface area contributed by atoms with E-state index in [0.717, 1.165) is 18.6 Å². The minimum Gasteiger partial charge on any atom is -0.341 e. The molecule has 1 rings (SSSR count). The lowest BCUT2D eigenvalue weighted by molar-refractivity contribution is -0.163. The summed E-state index contributed by atoms with van der Waals surface area (Å²) in [5, 5.41) is 13.6. The molecule has 1 saturated carbocycles. The molecule has 0 radical (unpaired) electrons. The summed E-state index contributed by atoms with van der Waals surface area (Å²) in [5.41, 5.74) is 0.201. The van der Waals surface area contributed by atoms with E-state index in [1.807, 2.05) is 20.8 Å². The van der Waals surface area contributed by atoms with Gasteiger partial charge in [0.1, 0.15) is 4.75 Å². The molecule has 8 heteroatoms. The Labute approximate surface area is 198 Å². The number of nitrogens with zero attached hydrogens (tertiary/aromatic N) is 2. The summed E-state index contributed by atoms with van der Waals surface area (Å²) in [6, 6.07) is -0.474. The first-order chi connectivity index (χ1) is 15.0. The van der Waals surface area contributed by atoms with E-state index in [0.29, 0.717) is 23.8 Å². The third-order valence-corrected chi connectivity index (χ3v) is 7.86. The highest BCUT2D eigenvalue weighted by atomic mass is 32.2. The van der Waals surface area contributed by atoms with E-state index in [-0.39, 0.29) is 24.1 Å². The highest BCUT2D eigenvalue weighted by Crippen LogP contribution is 2.42. The molecule has 1 fully saturated rings. The van der Waals surface area contributed by atoms with E-state index < -0.39 is 22.6 Å². The van der Waals surface area contributed by atoms with Crippen LogP contribution in [0, 0.1) is 17.8 Å². The molecule has 0 bridgehead atoms. The molecule has 7 nitrogen and oxygen atoms in total. The third-order valence-electron chi connectivity index (χ3n) is 6.16. The van der Waals surface area contributed by atoms with Crippen molar-refractivity contribution in [1.29, 1.82) is 0 Å². The fourth-order valence-electron chi connectivity index (χ4n) is 4.23. The number of amides is 4. The van der Waals surface area contributed by atoms with Crippen molar-refractivity contribution < 1.29 is 19.6 Å². The van der Waals surface area contributed by atoms with Crippen LogP contribution >= 0.6 is 11.8 Å². The maximum atomic E-state index is 13.7. The van der Waals surface area contributed by atoms with Crippen molar-refractivity contribution in [3.8, 4) is 0 Å². The van der Waals surface area contributed by atoms with E-state index in [2.05, 4.69) is 11.9 Å². The van der Waals surface area contributed by atoms with Gasteiger partial charge in [-0.2, -0.15) is 5.06 Å². The Kier molecular flexibility index (Phi) is 11.8. The fourth-order valence-corrected chi connectivity index (χ4v) is 5.75. The molecule has 4 amide bonds. The van der Waals surface area contributed by atoms with Gasteiger partial charge >= 0.3 is 6.03 Å². The summed E-state index contributed by atoms with van der Waals surface area (Å²) in [7, 11) is 1.49. The summed E-state index contributed by atoms with van der Waals surface area (Å²) >= 11 is 1.45. The van der Waals surface area contributed by atoms with Gasteiger partial charge < -0.3 is 5.32 Å². The Morgan fingerprint density at radius 3 is 2.28 bits per heavy atom.